The van der Waals surface area contributed by atoms with Crippen LogP contribution in [0.15, 0.2) is 0 Å². The third-order valence-corrected chi connectivity index (χ3v) is 1.65. The van der Waals surface area contributed by atoms with Gasteiger partial charge in [0.05, 0.1) is 0 Å². The van der Waals surface area contributed by atoms with E-state index in [0.717, 1.165) is 0 Å². The molecule has 0 bridgehead atoms. The van der Waals surface area contributed by atoms with Crippen LogP contribution in [0.25, 0.3) is 0 Å². The van der Waals surface area contributed by atoms with E-state index in [1.54, 1.807) is 0 Å². The minimum atomic E-state index is -3.20. The molecule has 0 aromatic heterocycles. The summed E-state index contributed by atoms with van der Waals surface area (Å²) in [5, 5.41) is 8.34. The van der Waals surface area contributed by atoms with Gasteiger partial charge in [0.1, 0.15) is 12.5 Å². The van der Waals surface area contributed by atoms with Crippen molar-refractivity contribution in [3.63, 3.8) is 0 Å². The lowest BCUT2D eigenvalue weighted by Crippen LogP contribution is -2.43. The van der Waals surface area contributed by atoms with Crippen LogP contribution in [0.5, 0.6) is 0 Å². The molecule has 11 heavy (non-hydrogen) atoms. The molecule has 1 atom stereocenters. The van der Waals surface area contributed by atoms with Crippen molar-refractivity contribution in [3.8, 4) is 0 Å². The van der Waals surface area contributed by atoms with Crippen molar-refractivity contribution in [2.24, 2.45) is 5.92 Å². The molecule has 1 N–H and O–H groups in total. The highest BCUT2D eigenvalue weighted by Crippen LogP contribution is 2.31. The first-order valence-corrected chi connectivity index (χ1v) is 3.22. The zero-order valence-electron chi connectivity index (χ0n) is 5.72. The van der Waals surface area contributed by atoms with E-state index in [2.05, 4.69) is 4.74 Å². The normalized spacial score (nSPS) is 29.8. The molecular formula is C6H8F2O3. The number of carbonyl (C=O) groups is 1. The van der Waals surface area contributed by atoms with E-state index < -0.39 is 24.4 Å². The molecule has 1 fully saturated rings. The summed E-state index contributed by atoms with van der Waals surface area (Å²) in [7, 11) is 0. The lowest BCUT2D eigenvalue weighted by molar-refractivity contribution is -0.182. The summed E-state index contributed by atoms with van der Waals surface area (Å²) in [6.45, 7) is -0.670. The van der Waals surface area contributed by atoms with Crippen molar-refractivity contribution >= 4 is 5.97 Å². The van der Waals surface area contributed by atoms with E-state index in [4.69, 9.17) is 5.11 Å². The average Bonchev–Trinajstić information content (AvgIpc) is 1.85. The second-order valence-electron chi connectivity index (χ2n) is 2.49. The summed E-state index contributed by atoms with van der Waals surface area (Å²) >= 11 is 0. The van der Waals surface area contributed by atoms with Crippen LogP contribution < -0.4 is 0 Å². The van der Waals surface area contributed by atoms with Gasteiger partial charge in [-0.2, -0.15) is 0 Å². The SMILES string of the molecule is O=C(O)C1CCOCC1(F)F. The molecule has 0 amide bonds. The fourth-order valence-electron chi connectivity index (χ4n) is 1.03. The number of carboxylic acid groups (broad SMARTS) is 1. The Morgan fingerprint density at radius 3 is 2.64 bits per heavy atom. The van der Waals surface area contributed by atoms with E-state index in [1.165, 1.54) is 0 Å². The van der Waals surface area contributed by atoms with Crippen molar-refractivity contribution in [1.82, 2.24) is 0 Å². The minimum absolute atomic E-state index is 0.104. The first-order valence-electron chi connectivity index (χ1n) is 3.22. The second-order valence-corrected chi connectivity index (χ2v) is 2.49. The zero-order valence-corrected chi connectivity index (χ0v) is 5.72. The van der Waals surface area contributed by atoms with E-state index in [1.807, 2.05) is 0 Å². The Kier molecular flexibility index (Phi) is 2.08. The summed E-state index contributed by atoms with van der Waals surface area (Å²) in [4.78, 5) is 10.2. The molecule has 1 aliphatic heterocycles. The molecule has 0 aromatic rings. The van der Waals surface area contributed by atoms with Gasteiger partial charge >= 0.3 is 5.97 Å². The van der Waals surface area contributed by atoms with Crippen LogP contribution in [-0.2, 0) is 9.53 Å². The van der Waals surface area contributed by atoms with Crippen LogP contribution in [0.1, 0.15) is 6.42 Å². The van der Waals surface area contributed by atoms with Gasteiger partial charge in [0.2, 0.25) is 0 Å². The molecule has 3 nitrogen and oxygen atoms in total. The molecule has 5 heteroatoms. The van der Waals surface area contributed by atoms with Crippen molar-refractivity contribution in [2.75, 3.05) is 13.2 Å². The number of halogens is 2. The largest absolute Gasteiger partial charge is 0.481 e. The van der Waals surface area contributed by atoms with Crippen LogP contribution in [0.4, 0.5) is 8.78 Å². The highest BCUT2D eigenvalue weighted by molar-refractivity contribution is 5.71. The summed E-state index contributed by atoms with van der Waals surface area (Å²) < 4.78 is 29.7. The molecule has 1 aliphatic rings. The molecule has 64 valence electrons. The maximum absolute atomic E-state index is 12.6. The fourth-order valence-corrected chi connectivity index (χ4v) is 1.03. The molecule has 1 saturated heterocycles. The summed E-state index contributed by atoms with van der Waals surface area (Å²) in [5.74, 6) is -6.22. The quantitative estimate of drug-likeness (QED) is 0.625. The van der Waals surface area contributed by atoms with E-state index in [0.29, 0.717) is 0 Å². The lowest BCUT2D eigenvalue weighted by atomic mass is 9.97. The van der Waals surface area contributed by atoms with Gasteiger partial charge in [-0.1, -0.05) is 0 Å². The molecule has 0 saturated carbocycles. The predicted octanol–water partition coefficient (Wildman–Crippen LogP) is 0.743. The van der Waals surface area contributed by atoms with Gasteiger partial charge in [-0.05, 0) is 6.42 Å². The smallest absolute Gasteiger partial charge is 0.312 e. The van der Waals surface area contributed by atoms with Crippen LogP contribution in [0.2, 0.25) is 0 Å². The second kappa shape index (κ2) is 2.73. The number of aliphatic carboxylic acids is 1. The maximum Gasteiger partial charge on any atom is 0.312 e. The Hall–Kier alpha value is -0.710. The van der Waals surface area contributed by atoms with Gasteiger partial charge in [0, 0.05) is 6.61 Å². The average molecular weight is 166 g/mol. The molecule has 0 aliphatic carbocycles. The van der Waals surface area contributed by atoms with Crippen LogP contribution in [0, 0.1) is 5.92 Å². The number of ether oxygens (including phenoxy) is 1. The summed E-state index contributed by atoms with van der Waals surface area (Å²) in [5.41, 5.74) is 0. The standard InChI is InChI=1S/C6H8F2O3/c7-6(8)3-11-2-1-4(6)5(9)10/h4H,1-3H2,(H,9,10). The topological polar surface area (TPSA) is 46.5 Å². The molecule has 0 radical (unpaired) electrons. The highest BCUT2D eigenvalue weighted by atomic mass is 19.3. The zero-order chi connectivity index (χ0) is 8.48. The number of alkyl halides is 2. The van der Waals surface area contributed by atoms with Gasteiger partial charge in [0.25, 0.3) is 5.92 Å². The Labute approximate surface area is 62.0 Å². The van der Waals surface area contributed by atoms with Gasteiger partial charge < -0.3 is 9.84 Å². The van der Waals surface area contributed by atoms with Crippen LogP contribution in [0.3, 0.4) is 0 Å². The first kappa shape index (κ1) is 8.39. The van der Waals surface area contributed by atoms with Gasteiger partial charge in [0.15, 0.2) is 0 Å². The molecule has 1 rings (SSSR count). The van der Waals surface area contributed by atoms with Crippen LogP contribution >= 0.6 is 0 Å². The van der Waals surface area contributed by atoms with Crippen molar-refractivity contribution in [3.05, 3.63) is 0 Å². The number of carboxylic acids is 1. The highest BCUT2D eigenvalue weighted by Gasteiger charge is 2.46. The Bertz CT molecular complexity index is 169. The van der Waals surface area contributed by atoms with Crippen molar-refractivity contribution < 1.29 is 23.4 Å². The van der Waals surface area contributed by atoms with E-state index in [-0.39, 0.29) is 13.0 Å². The number of hydrogen-bond acceptors (Lipinski definition) is 2. The molecule has 1 heterocycles. The monoisotopic (exact) mass is 166 g/mol. The van der Waals surface area contributed by atoms with Crippen LogP contribution in [-0.4, -0.2) is 30.2 Å². The maximum atomic E-state index is 12.6. The Morgan fingerprint density at radius 1 is 1.64 bits per heavy atom. The van der Waals surface area contributed by atoms with Gasteiger partial charge in [-0.15, -0.1) is 0 Å². The predicted molar refractivity (Wildman–Crippen MR) is 31.5 cm³/mol. The molecule has 1 unspecified atom stereocenters. The van der Waals surface area contributed by atoms with Gasteiger partial charge in [-0.3, -0.25) is 4.79 Å². The lowest BCUT2D eigenvalue weighted by Gasteiger charge is -2.27. The third kappa shape index (κ3) is 1.65. The van der Waals surface area contributed by atoms with Crippen molar-refractivity contribution in [1.29, 1.82) is 0 Å². The van der Waals surface area contributed by atoms with E-state index in [9.17, 15) is 13.6 Å². The Morgan fingerprint density at radius 2 is 2.27 bits per heavy atom. The fraction of sp³-hybridized carbons (Fsp3) is 0.833. The molecule has 0 aromatic carbocycles. The first-order chi connectivity index (χ1) is 5.04. The van der Waals surface area contributed by atoms with E-state index >= 15 is 0 Å². The minimum Gasteiger partial charge on any atom is -0.481 e. The Balaban J connectivity index is 2.67. The third-order valence-electron chi connectivity index (χ3n) is 1.65. The molecular weight excluding hydrogens is 158 g/mol. The van der Waals surface area contributed by atoms with Crippen molar-refractivity contribution in [2.45, 2.75) is 12.3 Å². The molecule has 0 spiro atoms. The summed E-state index contributed by atoms with van der Waals surface area (Å²) in [6, 6.07) is 0. The summed E-state index contributed by atoms with van der Waals surface area (Å²) in [6.07, 6.45) is -0.109. The number of hydrogen-bond donors (Lipinski definition) is 1. The van der Waals surface area contributed by atoms with Gasteiger partial charge in [-0.25, -0.2) is 8.78 Å². The number of rotatable bonds is 1.